The number of rotatable bonds is 5. The topological polar surface area (TPSA) is 64.3 Å². The van der Waals surface area contributed by atoms with E-state index >= 15 is 0 Å². The van der Waals surface area contributed by atoms with Gasteiger partial charge in [0.25, 0.3) is 0 Å². The summed E-state index contributed by atoms with van der Waals surface area (Å²) in [5.74, 6) is 0.530. The molecule has 0 heterocycles. The molecular formula is C18H22BrClN2O2. The molecule has 2 aromatic rings. The molecule has 2 unspecified atom stereocenters. The third-order valence-electron chi connectivity index (χ3n) is 3.86. The molecule has 0 fully saturated rings. The third-order valence-corrected chi connectivity index (χ3v) is 4.39. The predicted octanol–water partition coefficient (Wildman–Crippen LogP) is 3.93. The van der Waals surface area contributed by atoms with Crippen molar-refractivity contribution in [3.63, 3.8) is 0 Å². The summed E-state index contributed by atoms with van der Waals surface area (Å²) in [5.41, 5.74) is 6.88. The lowest BCUT2D eigenvalue weighted by atomic mass is 9.91. The molecule has 2 atom stereocenters. The van der Waals surface area contributed by atoms with Crippen LogP contribution in [0.2, 0.25) is 0 Å². The van der Waals surface area contributed by atoms with Crippen LogP contribution in [0.25, 0.3) is 0 Å². The van der Waals surface area contributed by atoms with Crippen molar-refractivity contribution in [1.29, 1.82) is 0 Å². The molecule has 6 heteroatoms. The lowest BCUT2D eigenvalue weighted by Gasteiger charge is -2.26. The Morgan fingerprint density at radius 3 is 2.46 bits per heavy atom. The molecule has 3 N–H and O–H groups in total. The first kappa shape index (κ1) is 20.5. The number of benzene rings is 2. The summed E-state index contributed by atoms with van der Waals surface area (Å²) in [6.07, 6.45) is 0. The molecule has 4 nitrogen and oxygen atoms in total. The van der Waals surface area contributed by atoms with E-state index in [1.165, 1.54) is 0 Å². The normalized spacial score (nSPS) is 14.0. The van der Waals surface area contributed by atoms with Crippen molar-refractivity contribution in [2.75, 3.05) is 7.11 Å². The van der Waals surface area contributed by atoms with Gasteiger partial charge in [0.2, 0.25) is 5.91 Å². The highest BCUT2D eigenvalue weighted by Crippen LogP contribution is 2.23. The van der Waals surface area contributed by atoms with Crippen molar-refractivity contribution in [3.05, 3.63) is 64.1 Å². The second-order valence-corrected chi connectivity index (χ2v) is 6.60. The van der Waals surface area contributed by atoms with Gasteiger partial charge >= 0.3 is 0 Å². The average Bonchev–Trinajstić information content (AvgIpc) is 2.55. The summed E-state index contributed by atoms with van der Waals surface area (Å²) in [6, 6.07) is 14.9. The van der Waals surface area contributed by atoms with Crippen LogP contribution in [0.4, 0.5) is 0 Å². The highest BCUT2D eigenvalue weighted by molar-refractivity contribution is 9.10. The quantitative estimate of drug-likeness (QED) is 0.780. The van der Waals surface area contributed by atoms with E-state index in [9.17, 15) is 4.79 Å². The smallest absolute Gasteiger partial charge is 0.244 e. The van der Waals surface area contributed by atoms with Crippen LogP contribution in [-0.4, -0.2) is 13.0 Å². The Balaban J connectivity index is 0.00000288. The predicted molar refractivity (Wildman–Crippen MR) is 102 cm³/mol. The van der Waals surface area contributed by atoms with Crippen molar-refractivity contribution >= 4 is 34.2 Å². The molecule has 0 spiro atoms. The molecule has 2 rings (SSSR count). The van der Waals surface area contributed by atoms with E-state index in [-0.39, 0.29) is 24.4 Å². The molecule has 130 valence electrons. The standard InChI is InChI=1S/C18H21BrN2O2.ClH/c1-12(13-5-4-6-16(11-13)23-3)21-17(22)18(2,20)14-7-9-15(19)10-8-14;/h4-12H,20H2,1-3H3,(H,21,22);1H. The SMILES string of the molecule is COc1cccc(C(C)NC(=O)C(C)(N)c2ccc(Br)cc2)c1.Cl. The number of carbonyl (C=O) groups is 1. The van der Waals surface area contributed by atoms with Gasteiger partial charge in [-0.1, -0.05) is 40.2 Å². The molecule has 0 saturated carbocycles. The van der Waals surface area contributed by atoms with Gasteiger partial charge < -0.3 is 15.8 Å². The number of carbonyl (C=O) groups excluding carboxylic acids is 1. The number of methoxy groups -OCH3 is 1. The van der Waals surface area contributed by atoms with E-state index < -0.39 is 5.54 Å². The lowest BCUT2D eigenvalue weighted by Crippen LogP contribution is -2.49. The fraction of sp³-hybridized carbons (Fsp3) is 0.278. The van der Waals surface area contributed by atoms with Crippen molar-refractivity contribution in [2.24, 2.45) is 5.73 Å². The Hall–Kier alpha value is -1.56. The lowest BCUT2D eigenvalue weighted by molar-refractivity contribution is -0.126. The van der Waals surface area contributed by atoms with Crippen LogP contribution in [0.5, 0.6) is 5.75 Å². The largest absolute Gasteiger partial charge is 0.497 e. The first-order valence-electron chi connectivity index (χ1n) is 7.34. The third kappa shape index (κ3) is 4.72. The Labute approximate surface area is 157 Å². The first-order valence-corrected chi connectivity index (χ1v) is 8.13. The summed E-state index contributed by atoms with van der Waals surface area (Å²) in [4.78, 5) is 12.6. The fourth-order valence-corrected chi connectivity index (χ4v) is 2.53. The zero-order chi connectivity index (χ0) is 17.0. The molecule has 0 saturated heterocycles. The Morgan fingerprint density at radius 2 is 1.88 bits per heavy atom. The molecule has 2 aromatic carbocycles. The van der Waals surface area contributed by atoms with Crippen LogP contribution < -0.4 is 15.8 Å². The minimum absolute atomic E-state index is 0. The van der Waals surface area contributed by atoms with Crippen LogP contribution in [-0.2, 0) is 10.3 Å². The number of hydrogen-bond acceptors (Lipinski definition) is 3. The fourth-order valence-electron chi connectivity index (χ4n) is 2.27. The molecule has 0 aliphatic carbocycles. The van der Waals surface area contributed by atoms with E-state index in [0.29, 0.717) is 0 Å². The zero-order valence-electron chi connectivity index (χ0n) is 13.9. The van der Waals surface area contributed by atoms with E-state index in [0.717, 1.165) is 21.3 Å². The van der Waals surface area contributed by atoms with Gasteiger partial charge in [0.05, 0.1) is 13.2 Å². The van der Waals surface area contributed by atoms with Crippen molar-refractivity contribution in [3.8, 4) is 5.75 Å². The molecule has 0 bridgehead atoms. The van der Waals surface area contributed by atoms with Crippen LogP contribution >= 0.6 is 28.3 Å². The van der Waals surface area contributed by atoms with Crippen LogP contribution in [0.3, 0.4) is 0 Å². The van der Waals surface area contributed by atoms with Gasteiger partial charge in [-0.05, 0) is 49.2 Å². The average molecular weight is 414 g/mol. The molecule has 0 aliphatic heterocycles. The number of hydrogen-bond donors (Lipinski definition) is 2. The van der Waals surface area contributed by atoms with E-state index in [4.69, 9.17) is 10.5 Å². The number of nitrogens with two attached hydrogens (primary N) is 1. The minimum atomic E-state index is -1.10. The second-order valence-electron chi connectivity index (χ2n) is 5.68. The van der Waals surface area contributed by atoms with Gasteiger partial charge in [-0.25, -0.2) is 0 Å². The summed E-state index contributed by atoms with van der Waals surface area (Å²) in [7, 11) is 1.62. The van der Waals surface area contributed by atoms with E-state index in [1.807, 2.05) is 55.5 Å². The Morgan fingerprint density at radius 1 is 1.25 bits per heavy atom. The first-order chi connectivity index (χ1) is 10.8. The maximum atomic E-state index is 12.6. The Kier molecular flexibility index (Phi) is 7.27. The monoisotopic (exact) mass is 412 g/mol. The van der Waals surface area contributed by atoms with Crippen molar-refractivity contribution in [1.82, 2.24) is 5.32 Å². The highest BCUT2D eigenvalue weighted by Gasteiger charge is 2.31. The number of amides is 1. The summed E-state index contributed by atoms with van der Waals surface area (Å²) in [6.45, 7) is 3.63. The molecule has 24 heavy (non-hydrogen) atoms. The van der Waals surface area contributed by atoms with Crippen molar-refractivity contribution < 1.29 is 9.53 Å². The summed E-state index contributed by atoms with van der Waals surface area (Å²) >= 11 is 3.38. The van der Waals surface area contributed by atoms with Gasteiger partial charge in [0, 0.05) is 4.47 Å². The van der Waals surface area contributed by atoms with E-state index in [1.54, 1.807) is 14.0 Å². The van der Waals surface area contributed by atoms with Gasteiger partial charge in [0.15, 0.2) is 0 Å². The van der Waals surface area contributed by atoms with Gasteiger partial charge in [-0.15, -0.1) is 12.4 Å². The highest BCUT2D eigenvalue weighted by atomic mass is 79.9. The van der Waals surface area contributed by atoms with Crippen LogP contribution in [0, 0.1) is 0 Å². The Bertz CT molecular complexity index is 690. The van der Waals surface area contributed by atoms with Crippen LogP contribution in [0.15, 0.2) is 53.0 Å². The molecule has 0 radical (unpaired) electrons. The molecule has 1 amide bonds. The molecule has 0 aliphatic rings. The number of ether oxygens (including phenoxy) is 1. The summed E-state index contributed by atoms with van der Waals surface area (Å²) in [5, 5.41) is 2.97. The van der Waals surface area contributed by atoms with E-state index in [2.05, 4.69) is 21.2 Å². The molecular weight excluding hydrogens is 392 g/mol. The van der Waals surface area contributed by atoms with Crippen LogP contribution in [0.1, 0.15) is 31.0 Å². The van der Waals surface area contributed by atoms with Gasteiger partial charge in [-0.3, -0.25) is 4.79 Å². The summed E-state index contributed by atoms with van der Waals surface area (Å²) < 4.78 is 6.16. The van der Waals surface area contributed by atoms with Gasteiger partial charge in [0.1, 0.15) is 11.3 Å². The van der Waals surface area contributed by atoms with Gasteiger partial charge in [-0.2, -0.15) is 0 Å². The number of nitrogens with one attached hydrogen (secondary N) is 1. The second kappa shape index (κ2) is 8.51. The maximum absolute atomic E-state index is 12.6. The van der Waals surface area contributed by atoms with Crippen molar-refractivity contribution in [2.45, 2.75) is 25.4 Å². The maximum Gasteiger partial charge on any atom is 0.244 e. The molecule has 0 aromatic heterocycles. The minimum Gasteiger partial charge on any atom is -0.497 e. The zero-order valence-corrected chi connectivity index (χ0v) is 16.3. The number of halogens is 2.